The van der Waals surface area contributed by atoms with Gasteiger partial charge in [-0.25, -0.2) is 0 Å². The van der Waals surface area contributed by atoms with Crippen LogP contribution in [0.15, 0.2) is 42.5 Å². The Labute approximate surface area is 170 Å². The number of hydrogen-bond donors (Lipinski definition) is 0. The normalized spacial score (nSPS) is 16.9. The van der Waals surface area contributed by atoms with Crippen LogP contribution in [-0.2, 0) is 11.3 Å². The molecule has 1 atom stereocenters. The van der Waals surface area contributed by atoms with Crippen LogP contribution in [0.25, 0.3) is 0 Å². The van der Waals surface area contributed by atoms with Gasteiger partial charge in [0.1, 0.15) is 11.8 Å². The van der Waals surface area contributed by atoms with Crippen LogP contribution in [0.1, 0.15) is 18.1 Å². The lowest BCUT2D eigenvalue weighted by Crippen LogP contribution is -2.51. The Bertz CT molecular complexity index is 932. The first-order chi connectivity index (χ1) is 14.1. The number of benzene rings is 2. The summed E-state index contributed by atoms with van der Waals surface area (Å²) in [6.45, 7) is 5.70. The van der Waals surface area contributed by atoms with Crippen LogP contribution in [0, 0.1) is 11.3 Å². The monoisotopic (exact) mass is 393 g/mol. The van der Waals surface area contributed by atoms with Crippen molar-refractivity contribution in [1.82, 2.24) is 9.80 Å². The highest BCUT2D eigenvalue weighted by molar-refractivity contribution is 5.81. The number of carbonyl (C=O) groups is 1. The summed E-state index contributed by atoms with van der Waals surface area (Å²) in [6.07, 6.45) is -0.634. The highest BCUT2D eigenvalue weighted by Crippen LogP contribution is 2.32. The zero-order valence-electron chi connectivity index (χ0n) is 16.3. The van der Waals surface area contributed by atoms with E-state index >= 15 is 0 Å². The number of fused-ring (bicyclic) bond motifs is 1. The molecule has 2 aromatic carbocycles. The van der Waals surface area contributed by atoms with Crippen LogP contribution in [0.5, 0.6) is 17.2 Å². The SMILES string of the molecule is CC(Oc1ccccc1C#N)C(=O)N1CCN(Cc2ccc3c(c2)OCO3)CC1. The van der Waals surface area contributed by atoms with Gasteiger partial charge in [-0.3, -0.25) is 9.69 Å². The number of ether oxygens (including phenoxy) is 3. The number of rotatable bonds is 5. The maximum absolute atomic E-state index is 12.8. The summed E-state index contributed by atoms with van der Waals surface area (Å²) in [7, 11) is 0. The lowest BCUT2D eigenvalue weighted by molar-refractivity contribution is -0.139. The van der Waals surface area contributed by atoms with Gasteiger partial charge < -0.3 is 19.1 Å². The molecule has 0 N–H and O–H groups in total. The summed E-state index contributed by atoms with van der Waals surface area (Å²) in [5.74, 6) is 1.97. The molecule has 4 rings (SSSR count). The van der Waals surface area contributed by atoms with Gasteiger partial charge in [0.05, 0.1) is 5.56 Å². The predicted molar refractivity (Wildman–Crippen MR) is 106 cm³/mol. The molecule has 2 aliphatic rings. The van der Waals surface area contributed by atoms with Gasteiger partial charge in [0.15, 0.2) is 17.6 Å². The van der Waals surface area contributed by atoms with Crippen molar-refractivity contribution in [2.75, 3.05) is 33.0 Å². The van der Waals surface area contributed by atoms with Crippen molar-refractivity contribution in [2.45, 2.75) is 19.6 Å². The Morgan fingerprint density at radius 1 is 1.14 bits per heavy atom. The second-order valence-electron chi connectivity index (χ2n) is 7.16. The molecule has 0 aliphatic carbocycles. The molecular weight excluding hydrogens is 370 g/mol. The topological polar surface area (TPSA) is 75.0 Å². The number of carbonyl (C=O) groups excluding carboxylic acids is 1. The van der Waals surface area contributed by atoms with Crippen molar-refractivity contribution in [1.29, 1.82) is 5.26 Å². The molecule has 0 spiro atoms. The second-order valence-corrected chi connectivity index (χ2v) is 7.16. The zero-order valence-corrected chi connectivity index (χ0v) is 16.3. The molecule has 7 heteroatoms. The van der Waals surface area contributed by atoms with Crippen LogP contribution < -0.4 is 14.2 Å². The Morgan fingerprint density at radius 2 is 1.90 bits per heavy atom. The van der Waals surface area contributed by atoms with Gasteiger partial charge in [-0.1, -0.05) is 18.2 Å². The smallest absolute Gasteiger partial charge is 0.263 e. The highest BCUT2D eigenvalue weighted by Gasteiger charge is 2.26. The average molecular weight is 393 g/mol. The molecule has 1 saturated heterocycles. The standard InChI is InChI=1S/C22H23N3O4/c1-16(29-19-5-3-2-4-18(19)13-23)22(26)25-10-8-24(9-11-25)14-17-6-7-20-21(12-17)28-15-27-20/h2-7,12,16H,8-11,14-15H2,1H3. The quantitative estimate of drug-likeness (QED) is 0.777. The third-order valence-electron chi connectivity index (χ3n) is 5.19. The third kappa shape index (κ3) is 4.28. The third-order valence-corrected chi connectivity index (χ3v) is 5.19. The first-order valence-corrected chi connectivity index (χ1v) is 9.69. The number of nitriles is 1. The fraction of sp³-hybridized carbons (Fsp3) is 0.364. The summed E-state index contributed by atoms with van der Waals surface area (Å²) in [5.41, 5.74) is 1.60. The van der Waals surface area contributed by atoms with Gasteiger partial charge in [-0.2, -0.15) is 5.26 Å². The van der Waals surface area contributed by atoms with E-state index in [4.69, 9.17) is 14.2 Å². The van der Waals surface area contributed by atoms with E-state index in [9.17, 15) is 10.1 Å². The van der Waals surface area contributed by atoms with E-state index in [0.717, 1.165) is 31.1 Å². The zero-order chi connectivity index (χ0) is 20.2. The maximum atomic E-state index is 12.8. The van der Waals surface area contributed by atoms with Gasteiger partial charge in [0.25, 0.3) is 5.91 Å². The van der Waals surface area contributed by atoms with E-state index in [1.54, 1.807) is 31.2 Å². The van der Waals surface area contributed by atoms with Crippen molar-refractivity contribution >= 4 is 5.91 Å². The molecule has 7 nitrogen and oxygen atoms in total. The summed E-state index contributed by atoms with van der Waals surface area (Å²) in [6, 6.07) is 15.1. The molecule has 2 heterocycles. The molecule has 29 heavy (non-hydrogen) atoms. The van der Waals surface area contributed by atoms with Crippen molar-refractivity contribution in [3.8, 4) is 23.3 Å². The van der Waals surface area contributed by atoms with Gasteiger partial charge in [0, 0.05) is 32.7 Å². The van der Waals surface area contributed by atoms with Crippen molar-refractivity contribution in [2.24, 2.45) is 0 Å². The molecule has 2 aliphatic heterocycles. The summed E-state index contributed by atoms with van der Waals surface area (Å²) < 4.78 is 16.6. The Morgan fingerprint density at radius 3 is 2.69 bits per heavy atom. The van der Waals surface area contributed by atoms with Crippen LogP contribution in [0.4, 0.5) is 0 Å². The summed E-state index contributed by atoms with van der Waals surface area (Å²) in [4.78, 5) is 16.9. The first-order valence-electron chi connectivity index (χ1n) is 9.69. The second kappa shape index (κ2) is 8.41. The lowest BCUT2D eigenvalue weighted by Gasteiger charge is -2.36. The molecule has 1 fully saturated rings. The highest BCUT2D eigenvalue weighted by atomic mass is 16.7. The molecular formula is C22H23N3O4. The number of hydrogen-bond acceptors (Lipinski definition) is 6. The Balaban J connectivity index is 1.29. The van der Waals surface area contributed by atoms with E-state index in [1.807, 2.05) is 23.1 Å². The molecule has 0 radical (unpaired) electrons. The Kier molecular flexibility index (Phi) is 5.54. The van der Waals surface area contributed by atoms with Crippen LogP contribution in [-0.4, -0.2) is 54.8 Å². The molecule has 0 saturated carbocycles. The minimum absolute atomic E-state index is 0.0551. The fourth-order valence-corrected chi connectivity index (χ4v) is 3.58. The van der Waals surface area contributed by atoms with E-state index in [1.165, 1.54) is 5.56 Å². The van der Waals surface area contributed by atoms with E-state index in [0.29, 0.717) is 24.4 Å². The molecule has 0 bridgehead atoms. The summed E-state index contributed by atoms with van der Waals surface area (Å²) in [5, 5.41) is 9.17. The van der Waals surface area contributed by atoms with Gasteiger partial charge in [-0.05, 0) is 36.8 Å². The van der Waals surface area contributed by atoms with Crippen LogP contribution in [0.2, 0.25) is 0 Å². The van der Waals surface area contributed by atoms with Gasteiger partial charge in [-0.15, -0.1) is 0 Å². The van der Waals surface area contributed by atoms with Crippen molar-refractivity contribution in [3.63, 3.8) is 0 Å². The van der Waals surface area contributed by atoms with Crippen LogP contribution >= 0.6 is 0 Å². The number of amides is 1. The molecule has 1 amide bonds. The molecule has 150 valence electrons. The number of piperazine rings is 1. The lowest BCUT2D eigenvalue weighted by atomic mass is 10.1. The van der Waals surface area contributed by atoms with E-state index in [-0.39, 0.29) is 12.7 Å². The largest absolute Gasteiger partial charge is 0.480 e. The van der Waals surface area contributed by atoms with Gasteiger partial charge in [0.2, 0.25) is 6.79 Å². The fourth-order valence-electron chi connectivity index (χ4n) is 3.58. The van der Waals surface area contributed by atoms with Crippen molar-refractivity contribution in [3.05, 3.63) is 53.6 Å². The Hall–Kier alpha value is -3.24. The molecule has 2 aromatic rings. The van der Waals surface area contributed by atoms with Gasteiger partial charge >= 0.3 is 0 Å². The number of para-hydroxylation sites is 1. The average Bonchev–Trinajstić information content (AvgIpc) is 3.22. The van der Waals surface area contributed by atoms with E-state index < -0.39 is 6.10 Å². The summed E-state index contributed by atoms with van der Waals surface area (Å²) >= 11 is 0. The predicted octanol–water partition coefficient (Wildman–Crippen LogP) is 2.40. The maximum Gasteiger partial charge on any atom is 0.263 e. The van der Waals surface area contributed by atoms with E-state index in [2.05, 4.69) is 11.0 Å². The molecule has 1 unspecified atom stereocenters. The minimum atomic E-state index is -0.634. The van der Waals surface area contributed by atoms with Crippen molar-refractivity contribution < 1.29 is 19.0 Å². The number of nitrogens with zero attached hydrogens (tertiary/aromatic N) is 3. The molecule has 0 aromatic heterocycles. The van der Waals surface area contributed by atoms with Crippen LogP contribution in [0.3, 0.4) is 0 Å². The minimum Gasteiger partial charge on any atom is -0.480 e. The first kappa shape index (κ1) is 19.1.